The van der Waals surface area contributed by atoms with E-state index in [1.165, 1.54) is 0 Å². The number of hydrogen-bond acceptors (Lipinski definition) is 5. The second-order valence-electron chi connectivity index (χ2n) is 4.08. The Morgan fingerprint density at radius 3 is 2.82 bits per heavy atom. The lowest BCUT2D eigenvalue weighted by Gasteiger charge is -2.14. The van der Waals surface area contributed by atoms with Gasteiger partial charge < -0.3 is 11.1 Å². The van der Waals surface area contributed by atoms with Crippen molar-refractivity contribution in [1.82, 2.24) is 9.97 Å². The van der Waals surface area contributed by atoms with Gasteiger partial charge in [-0.2, -0.15) is 0 Å². The lowest BCUT2D eigenvalue weighted by molar-refractivity contribution is 0.856. The summed E-state index contributed by atoms with van der Waals surface area (Å²) in [5, 5.41) is 6.38. The molecule has 0 aliphatic rings. The second-order valence-corrected chi connectivity index (χ2v) is 4.97. The number of nitrogen functional groups attached to an aromatic ring is 1. The van der Waals surface area contributed by atoms with Crippen molar-refractivity contribution in [2.45, 2.75) is 26.8 Å². The van der Waals surface area contributed by atoms with Gasteiger partial charge in [-0.05, 0) is 32.4 Å². The van der Waals surface area contributed by atoms with Gasteiger partial charge in [0, 0.05) is 17.3 Å². The van der Waals surface area contributed by atoms with Crippen LogP contribution in [0.1, 0.15) is 29.2 Å². The van der Waals surface area contributed by atoms with Crippen molar-refractivity contribution in [3.8, 4) is 0 Å². The van der Waals surface area contributed by atoms with Gasteiger partial charge in [-0.25, -0.2) is 9.97 Å². The van der Waals surface area contributed by atoms with Crippen LogP contribution in [0, 0.1) is 13.8 Å². The largest absolute Gasteiger partial charge is 0.396 e. The van der Waals surface area contributed by atoms with Crippen molar-refractivity contribution in [2.24, 2.45) is 0 Å². The van der Waals surface area contributed by atoms with Gasteiger partial charge in [0.2, 0.25) is 0 Å². The fraction of sp³-hybridized carbons (Fsp3) is 0.333. The van der Waals surface area contributed by atoms with Gasteiger partial charge >= 0.3 is 0 Å². The van der Waals surface area contributed by atoms with Crippen LogP contribution < -0.4 is 11.1 Å². The summed E-state index contributed by atoms with van der Waals surface area (Å²) >= 11 is 1.64. The zero-order valence-corrected chi connectivity index (χ0v) is 11.0. The van der Waals surface area contributed by atoms with E-state index in [2.05, 4.69) is 22.2 Å². The first kappa shape index (κ1) is 11.9. The SMILES string of the molecule is Cc1csc(C(C)Nc2nccc(C)c2N)n1. The number of nitrogens with one attached hydrogen (secondary N) is 1. The fourth-order valence-corrected chi connectivity index (χ4v) is 2.33. The van der Waals surface area contributed by atoms with Crippen LogP contribution >= 0.6 is 11.3 Å². The van der Waals surface area contributed by atoms with E-state index in [9.17, 15) is 0 Å². The second kappa shape index (κ2) is 4.71. The average molecular weight is 248 g/mol. The third kappa shape index (κ3) is 2.55. The van der Waals surface area contributed by atoms with Crippen molar-refractivity contribution in [1.29, 1.82) is 0 Å². The zero-order valence-electron chi connectivity index (χ0n) is 10.2. The molecule has 4 nitrogen and oxygen atoms in total. The van der Waals surface area contributed by atoms with E-state index in [0.717, 1.165) is 22.1 Å². The van der Waals surface area contributed by atoms with Gasteiger partial charge in [0.1, 0.15) is 10.8 Å². The van der Waals surface area contributed by atoms with Crippen molar-refractivity contribution >= 4 is 22.8 Å². The monoisotopic (exact) mass is 248 g/mol. The number of aromatic nitrogens is 2. The van der Waals surface area contributed by atoms with Crippen LogP contribution in [0.15, 0.2) is 17.6 Å². The maximum Gasteiger partial charge on any atom is 0.149 e. The maximum atomic E-state index is 5.97. The lowest BCUT2D eigenvalue weighted by atomic mass is 10.2. The highest BCUT2D eigenvalue weighted by molar-refractivity contribution is 7.09. The van der Waals surface area contributed by atoms with Gasteiger partial charge in [-0.1, -0.05) is 0 Å². The van der Waals surface area contributed by atoms with Crippen molar-refractivity contribution in [2.75, 3.05) is 11.1 Å². The van der Waals surface area contributed by atoms with Crippen LogP contribution in [0.25, 0.3) is 0 Å². The number of aryl methyl sites for hydroxylation is 2. The minimum Gasteiger partial charge on any atom is -0.396 e. The summed E-state index contributed by atoms with van der Waals surface area (Å²) in [6.45, 7) is 6.02. The third-order valence-corrected chi connectivity index (χ3v) is 3.71. The first-order valence-electron chi connectivity index (χ1n) is 5.47. The summed E-state index contributed by atoms with van der Waals surface area (Å²) in [5.41, 5.74) is 8.75. The summed E-state index contributed by atoms with van der Waals surface area (Å²) in [6.07, 6.45) is 1.76. The Bertz CT molecular complexity index is 521. The van der Waals surface area contributed by atoms with Crippen LogP contribution in [-0.4, -0.2) is 9.97 Å². The summed E-state index contributed by atoms with van der Waals surface area (Å²) in [5.74, 6) is 0.727. The normalized spacial score (nSPS) is 12.4. The zero-order chi connectivity index (χ0) is 12.4. The van der Waals surface area contributed by atoms with Crippen molar-refractivity contribution in [3.63, 3.8) is 0 Å². The molecule has 17 heavy (non-hydrogen) atoms. The van der Waals surface area contributed by atoms with E-state index in [4.69, 9.17) is 5.73 Å². The molecule has 1 unspecified atom stereocenters. The number of anilines is 2. The molecule has 1 atom stereocenters. The lowest BCUT2D eigenvalue weighted by Crippen LogP contribution is -2.10. The average Bonchev–Trinajstić information content (AvgIpc) is 2.72. The molecule has 3 N–H and O–H groups in total. The minimum atomic E-state index is 0.116. The van der Waals surface area contributed by atoms with Crippen LogP contribution in [0.5, 0.6) is 0 Å². The molecule has 0 bridgehead atoms. The standard InChI is InChI=1S/C12H16N4S/c1-7-4-5-14-11(10(7)13)16-9(3)12-15-8(2)6-17-12/h4-6,9H,13H2,1-3H3,(H,14,16). The molecule has 0 amide bonds. The predicted octanol–water partition coefficient (Wildman–Crippen LogP) is 2.91. The summed E-state index contributed by atoms with van der Waals surface area (Å²) in [7, 11) is 0. The van der Waals surface area contributed by atoms with Gasteiger partial charge in [0.15, 0.2) is 0 Å². The molecule has 2 aromatic heterocycles. The van der Waals surface area contributed by atoms with Gasteiger partial charge in [0.05, 0.1) is 11.7 Å². The van der Waals surface area contributed by atoms with Crippen LogP contribution in [0.3, 0.4) is 0 Å². The molecule has 0 saturated heterocycles. The summed E-state index contributed by atoms with van der Waals surface area (Å²) in [6, 6.07) is 2.02. The molecular formula is C12H16N4S. The molecule has 0 spiro atoms. The van der Waals surface area contributed by atoms with Crippen LogP contribution in [-0.2, 0) is 0 Å². The predicted molar refractivity (Wildman–Crippen MR) is 72.3 cm³/mol. The molecule has 0 aliphatic heterocycles. The number of nitrogens with two attached hydrogens (primary N) is 1. The molecule has 2 aromatic rings. The highest BCUT2D eigenvalue weighted by Crippen LogP contribution is 2.25. The minimum absolute atomic E-state index is 0.116. The number of hydrogen-bond donors (Lipinski definition) is 2. The number of rotatable bonds is 3. The first-order chi connectivity index (χ1) is 8.08. The van der Waals surface area contributed by atoms with Gasteiger partial charge in [-0.15, -0.1) is 11.3 Å². The molecule has 90 valence electrons. The van der Waals surface area contributed by atoms with E-state index in [1.807, 2.05) is 25.3 Å². The number of thiazole rings is 1. The Balaban J connectivity index is 2.18. The molecular weight excluding hydrogens is 232 g/mol. The Kier molecular flexibility index (Phi) is 3.28. The highest BCUT2D eigenvalue weighted by atomic mass is 32.1. The molecule has 2 heterocycles. The molecule has 5 heteroatoms. The number of pyridine rings is 1. The quantitative estimate of drug-likeness (QED) is 0.876. The topological polar surface area (TPSA) is 63.8 Å². The van der Waals surface area contributed by atoms with Gasteiger partial charge in [-0.3, -0.25) is 0 Å². The van der Waals surface area contributed by atoms with E-state index >= 15 is 0 Å². The molecule has 0 radical (unpaired) electrons. The molecule has 0 aromatic carbocycles. The smallest absolute Gasteiger partial charge is 0.149 e. The van der Waals surface area contributed by atoms with Gasteiger partial charge in [0.25, 0.3) is 0 Å². The highest BCUT2D eigenvalue weighted by Gasteiger charge is 2.12. The van der Waals surface area contributed by atoms with Crippen molar-refractivity contribution < 1.29 is 0 Å². The van der Waals surface area contributed by atoms with E-state index in [0.29, 0.717) is 5.69 Å². The Morgan fingerprint density at radius 1 is 1.41 bits per heavy atom. The molecule has 0 fully saturated rings. The van der Waals surface area contributed by atoms with Crippen LogP contribution in [0.4, 0.5) is 11.5 Å². The maximum absolute atomic E-state index is 5.97. The molecule has 0 aliphatic carbocycles. The molecule has 0 saturated carbocycles. The Labute approximate surface area is 105 Å². The Morgan fingerprint density at radius 2 is 2.18 bits per heavy atom. The van der Waals surface area contributed by atoms with E-state index in [1.54, 1.807) is 17.5 Å². The summed E-state index contributed by atoms with van der Waals surface area (Å²) < 4.78 is 0. The number of nitrogens with zero attached hydrogens (tertiary/aromatic N) is 2. The third-order valence-electron chi connectivity index (χ3n) is 2.57. The van der Waals surface area contributed by atoms with Crippen molar-refractivity contribution in [3.05, 3.63) is 33.9 Å². The summed E-state index contributed by atoms with van der Waals surface area (Å²) in [4.78, 5) is 8.70. The van der Waals surface area contributed by atoms with E-state index < -0.39 is 0 Å². The first-order valence-corrected chi connectivity index (χ1v) is 6.35. The van der Waals surface area contributed by atoms with E-state index in [-0.39, 0.29) is 6.04 Å². The van der Waals surface area contributed by atoms with Crippen LogP contribution in [0.2, 0.25) is 0 Å². The Hall–Kier alpha value is -1.62. The molecule has 2 rings (SSSR count). The fourth-order valence-electron chi connectivity index (χ4n) is 1.52.